The molecule has 69 heavy (non-hydrogen) atoms. The van der Waals surface area contributed by atoms with Gasteiger partial charge in [-0.3, -0.25) is 0 Å². The zero-order valence-corrected chi connectivity index (χ0v) is 42.0. The molecule has 1 unspecified atom stereocenters. The molecule has 0 radical (unpaired) electrons. The van der Waals surface area contributed by atoms with Gasteiger partial charge in [-0.25, -0.2) is 0 Å². The zero-order valence-electron chi connectivity index (χ0n) is 42.0. The van der Waals surface area contributed by atoms with Crippen LogP contribution in [0.15, 0.2) is 151 Å². The summed E-state index contributed by atoms with van der Waals surface area (Å²) in [6.07, 6.45) is 5.84. The standard InChI is InChI=1S/C67H62BN/c1-10-11-21-39-30-31-44(46(34-39)40-22-13-12-14-23-40)57-58-50-37-53-54(65(4,5)33-32-64(53,2)3)38-52(50)67(8,9)63(58)68-61-48(36-47-43-26-17-19-28-51(43)66(6,7)60(47)59(57)61)49-35-41-24-15-16-25-42(41)56-45-27-18-20-29-55(45)69(68)62(49)56/h12-20,22-31,34-38,57H,10-11,21,32-33H2,1-9H3. The van der Waals surface area contributed by atoms with Crippen LogP contribution in [0, 0.1) is 0 Å². The molecule has 14 rings (SSSR count). The van der Waals surface area contributed by atoms with Crippen molar-refractivity contribution in [3.05, 3.63) is 201 Å². The molecule has 0 N–H and O–H groups in total. The third-order valence-corrected chi connectivity index (χ3v) is 18.5. The molecule has 338 valence electrons. The molecule has 8 aromatic carbocycles. The van der Waals surface area contributed by atoms with Crippen LogP contribution in [-0.2, 0) is 28.1 Å². The molecule has 1 atom stereocenters. The molecule has 0 spiro atoms. The monoisotopic (exact) mass is 891 g/mol. The van der Waals surface area contributed by atoms with Gasteiger partial charge in [0.1, 0.15) is 0 Å². The van der Waals surface area contributed by atoms with E-state index in [0.29, 0.717) is 0 Å². The lowest BCUT2D eigenvalue weighted by molar-refractivity contribution is 0.331. The third kappa shape index (κ3) is 5.34. The number of fused-ring (bicyclic) bond motifs is 15. The normalized spacial score (nSPS) is 19.1. The van der Waals surface area contributed by atoms with Gasteiger partial charge in [0.15, 0.2) is 0 Å². The van der Waals surface area contributed by atoms with Crippen LogP contribution in [0.2, 0.25) is 0 Å². The number of para-hydroxylation sites is 1. The van der Waals surface area contributed by atoms with Crippen LogP contribution >= 0.6 is 0 Å². The summed E-state index contributed by atoms with van der Waals surface area (Å²) < 4.78 is 2.86. The molecule has 0 bridgehead atoms. The fourth-order valence-electron chi connectivity index (χ4n) is 15.1. The van der Waals surface area contributed by atoms with Gasteiger partial charge in [0.05, 0.1) is 0 Å². The number of rotatable bonds is 5. The fraction of sp³-hybridized carbons (Fsp3) is 0.284. The largest absolute Gasteiger partial charge is 0.376 e. The summed E-state index contributed by atoms with van der Waals surface area (Å²) in [4.78, 5) is 0. The highest BCUT2D eigenvalue weighted by atomic mass is 14.9. The Balaban J connectivity index is 1.22. The maximum Gasteiger partial charge on any atom is 0.326 e. The second kappa shape index (κ2) is 13.9. The number of allylic oxidation sites excluding steroid dienone is 2. The number of hydrogen-bond acceptors (Lipinski definition) is 0. The zero-order chi connectivity index (χ0) is 47.1. The minimum atomic E-state index is -0.271. The lowest BCUT2D eigenvalue weighted by Gasteiger charge is -2.44. The summed E-state index contributed by atoms with van der Waals surface area (Å²) >= 11 is 0. The van der Waals surface area contributed by atoms with Crippen molar-refractivity contribution < 1.29 is 0 Å². The fourth-order valence-corrected chi connectivity index (χ4v) is 15.1. The number of nitrogens with zero attached hydrogens (tertiary/aromatic N) is 1. The van der Waals surface area contributed by atoms with Gasteiger partial charge in [0.2, 0.25) is 0 Å². The highest BCUT2D eigenvalue weighted by molar-refractivity contribution is 6.84. The van der Waals surface area contributed by atoms with Crippen molar-refractivity contribution in [3.8, 4) is 33.4 Å². The van der Waals surface area contributed by atoms with E-state index in [4.69, 9.17) is 0 Å². The highest BCUT2D eigenvalue weighted by Crippen LogP contribution is 2.64. The molecule has 3 heterocycles. The third-order valence-electron chi connectivity index (χ3n) is 18.5. The summed E-state index contributed by atoms with van der Waals surface area (Å²) in [5, 5.41) is 5.38. The SMILES string of the molecule is CCCCc1ccc(C2C3=C(B4c5c(cc6c(c52)C(C)(C)c2ccccc2-6)-c2cc5ccccc5c5c6ccccc6n4c25)C(C)(C)c2cc4c(cc23)C(C)(C)CCC4(C)C)c(-c2ccccc2)c1. The van der Waals surface area contributed by atoms with E-state index in [1.807, 2.05) is 0 Å². The van der Waals surface area contributed by atoms with Crippen LogP contribution < -0.4 is 5.46 Å². The van der Waals surface area contributed by atoms with Crippen LogP contribution in [0.4, 0.5) is 0 Å². The van der Waals surface area contributed by atoms with Crippen LogP contribution in [0.1, 0.15) is 144 Å². The van der Waals surface area contributed by atoms with Gasteiger partial charge in [-0.05, 0) is 154 Å². The van der Waals surface area contributed by atoms with E-state index in [1.165, 1.54) is 136 Å². The van der Waals surface area contributed by atoms with Crippen LogP contribution in [0.3, 0.4) is 0 Å². The van der Waals surface area contributed by atoms with E-state index >= 15 is 0 Å². The van der Waals surface area contributed by atoms with Gasteiger partial charge < -0.3 is 4.48 Å². The number of unbranched alkanes of at least 4 members (excludes halogenated alkanes) is 1. The average Bonchev–Trinajstić information content (AvgIpc) is 3.91. The molecule has 2 heteroatoms. The molecule has 9 aromatic rings. The molecule has 1 nitrogen and oxygen atoms in total. The predicted octanol–water partition coefficient (Wildman–Crippen LogP) is 16.8. The molecule has 0 fully saturated rings. The minimum absolute atomic E-state index is 0.00780. The Hall–Kier alpha value is -6.38. The predicted molar refractivity (Wildman–Crippen MR) is 295 cm³/mol. The molecule has 0 amide bonds. The molecule has 2 aliphatic heterocycles. The van der Waals surface area contributed by atoms with E-state index in [2.05, 4.69) is 212 Å². The smallest absolute Gasteiger partial charge is 0.326 e. The van der Waals surface area contributed by atoms with Gasteiger partial charge in [-0.15, -0.1) is 0 Å². The van der Waals surface area contributed by atoms with E-state index in [-0.39, 0.29) is 34.4 Å². The van der Waals surface area contributed by atoms with Crippen LogP contribution in [-0.4, -0.2) is 11.3 Å². The maximum absolute atomic E-state index is 2.86. The first kappa shape index (κ1) is 41.6. The highest BCUT2D eigenvalue weighted by Gasteiger charge is 2.57. The van der Waals surface area contributed by atoms with E-state index < -0.39 is 0 Å². The summed E-state index contributed by atoms with van der Waals surface area (Å²) in [5.41, 5.74) is 28.7. The Bertz CT molecular complexity index is 3770. The molecular weight excluding hydrogens is 830 g/mol. The van der Waals surface area contributed by atoms with Crippen molar-refractivity contribution in [2.45, 2.75) is 122 Å². The molecule has 0 saturated heterocycles. The van der Waals surface area contributed by atoms with E-state index in [9.17, 15) is 0 Å². The summed E-state index contributed by atoms with van der Waals surface area (Å²) in [6, 6.07) is 57.7. The first-order valence-corrected chi connectivity index (χ1v) is 26.1. The van der Waals surface area contributed by atoms with Gasteiger partial charge >= 0.3 is 6.85 Å². The quantitative estimate of drug-likeness (QED) is 0.152. The van der Waals surface area contributed by atoms with Crippen LogP contribution in [0.5, 0.6) is 0 Å². The van der Waals surface area contributed by atoms with Crippen molar-refractivity contribution >= 4 is 50.5 Å². The average molecular weight is 892 g/mol. The number of aromatic nitrogens is 1. The number of aryl methyl sites for hydroxylation is 1. The van der Waals surface area contributed by atoms with Gasteiger partial charge in [-0.1, -0.05) is 202 Å². The summed E-state index contributed by atoms with van der Waals surface area (Å²) in [6.45, 7) is 22.6. The van der Waals surface area contributed by atoms with Crippen molar-refractivity contribution in [3.63, 3.8) is 0 Å². The number of benzene rings is 8. The summed E-state index contributed by atoms with van der Waals surface area (Å²) in [7, 11) is 0. The Morgan fingerprint density at radius 3 is 2.03 bits per heavy atom. The van der Waals surface area contributed by atoms with Gasteiger partial charge in [0, 0.05) is 44.1 Å². The van der Waals surface area contributed by atoms with Crippen molar-refractivity contribution in [1.29, 1.82) is 0 Å². The Morgan fingerprint density at radius 1 is 0.551 bits per heavy atom. The van der Waals surface area contributed by atoms with Crippen molar-refractivity contribution in [2.75, 3.05) is 0 Å². The van der Waals surface area contributed by atoms with Crippen molar-refractivity contribution in [1.82, 2.24) is 4.48 Å². The first-order valence-electron chi connectivity index (χ1n) is 26.1. The molecular formula is C67H62BN. The van der Waals surface area contributed by atoms with Crippen molar-refractivity contribution in [2.24, 2.45) is 0 Å². The van der Waals surface area contributed by atoms with Crippen LogP contribution in [0.25, 0.3) is 71.5 Å². The lowest BCUT2D eigenvalue weighted by Crippen LogP contribution is -2.52. The van der Waals surface area contributed by atoms with Gasteiger partial charge in [-0.2, -0.15) is 0 Å². The van der Waals surface area contributed by atoms with Gasteiger partial charge in [0.25, 0.3) is 0 Å². The Labute approximate surface area is 409 Å². The molecule has 3 aliphatic carbocycles. The molecule has 5 aliphatic rings. The van der Waals surface area contributed by atoms with E-state index in [1.54, 1.807) is 22.2 Å². The second-order valence-corrected chi connectivity index (χ2v) is 24.0. The first-order chi connectivity index (χ1) is 33.2. The lowest BCUT2D eigenvalue weighted by atomic mass is 9.37. The Morgan fingerprint density at radius 2 is 1.25 bits per heavy atom. The topological polar surface area (TPSA) is 4.93 Å². The second-order valence-electron chi connectivity index (χ2n) is 24.0. The Kier molecular flexibility index (Phi) is 8.38. The maximum atomic E-state index is 2.86. The molecule has 0 saturated carbocycles. The summed E-state index contributed by atoms with van der Waals surface area (Å²) in [5.74, 6) is -0.0124. The minimum Gasteiger partial charge on any atom is -0.376 e. The molecule has 1 aromatic heterocycles. The van der Waals surface area contributed by atoms with E-state index in [0.717, 1.165) is 6.42 Å². The number of hydrogen-bond donors (Lipinski definition) is 0.